The van der Waals surface area contributed by atoms with Gasteiger partial charge < -0.3 is 8.98 Å². The molecule has 0 saturated heterocycles. The Morgan fingerprint density at radius 1 is 0.404 bits per heavy atom. The summed E-state index contributed by atoms with van der Waals surface area (Å²) < 4.78 is 9.20. The molecule has 0 saturated carbocycles. The number of fused-ring (bicyclic) bond motifs is 9. The van der Waals surface area contributed by atoms with Gasteiger partial charge in [-0.15, -0.1) is 0 Å². The zero-order chi connectivity index (χ0) is 34.2. The molecule has 8 aromatic carbocycles. The van der Waals surface area contributed by atoms with Gasteiger partial charge in [0.25, 0.3) is 0 Å². The van der Waals surface area contributed by atoms with Crippen molar-refractivity contribution in [1.29, 1.82) is 0 Å². The van der Waals surface area contributed by atoms with Crippen LogP contribution in [-0.2, 0) is 0 Å². The second-order valence-electron chi connectivity index (χ2n) is 13.2. The third-order valence-corrected chi connectivity index (χ3v) is 10.2. The molecule has 0 fully saturated rings. The minimum absolute atomic E-state index is 0.628. The number of nitrogens with zero attached hydrogens (tertiary/aromatic N) is 4. The molecule has 3 aromatic heterocycles. The van der Waals surface area contributed by atoms with Crippen LogP contribution in [0.3, 0.4) is 0 Å². The summed E-state index contributed by atoms with van der Waals surface area (Å²) in [7, 11) is 0. The molecule has 0 amide bonds. The normalized spacial score (nSPS) is 11.8. The van der Waals surface area contributed by atoms with E-state index in [-0.39, 0.29) is 0 Å². The van der Waals surface area contributed by atoms with Crippen LogP contribution in [0.15, 0.2) is 174 Å². The molecule has 3 heterocycles. The predicted octanol–water partition coefficient (Wildman–Crippen LogP) is 12.2. The Bertz CT molecular complexity index is 3120. The van der Waals surface area contributed by atoms with Crippen LogP contribution in [0.2, 0.25) is 0 Å². The van der Waals surface area contributed by atoms with Crippen molar-refractivity contribution in [3.8, 4) is 39.9 Å². The second kappa shape index (κ2) is 11.2. The van der Waals surface area contributed by atoms with Crippen LogP contribution in [0.5, 0.6) is 0 Å². The molecule has 242 valence electrons. The molecule has 0 spiro atoms. The van der Waals surface area contributed by atoms with Crippen molar-refractivity contribution in [3.05, 3.63) is 170 Å². The van der Waals surface area contributed by atoms with E-state index in [1.807, 2.05) is 60.7 Å². The maximum atomic E-state index is 6.84. The molecule has 0 N–H and O–H groups in total. The lowest BCUT2D eigenvalue weighted by molar-refractivity contribution is 0.666. The van der Waals surface area contributed by atoms with E-state index in [2.05, 4.69) is 114 Å². The van der Waals surface area contributed by atoms with Crippen molar-refractivity contribution >= 4 is 65.3 Å². The fraction of sp³-hybridized carbons (Fsp3) is 0. The Morgan fingerprint density at radius 3 is 1.79 bits per heavy atom. The summed E-state index contributed by atoms with van der Waals surface area (Å²) in [5, 5.41) is 9.15. The van der Waals surface area contributed by atoms with Gasteiger partial charge in [0, 0.05) is 38.2 Å². The highest BCUT2D eigenvalue weighted by atomic mass is 16.3. The summed E-state index contributed by atoms with van der Waals surface area (Å²) >= 11 is 0. The Kier molecular flexibility index (Phi) is 6.18. The lowest BCUT2D eigenvalue weighted by Crippen LogP contribution is -2.00. The van der Waals surface area contributed by atoms with Gasteiger partial charge in [0.1, 0.15) is 5.58 Å². The highest BCUT2D eigenvalue weighted by Crippen LogP contribution is 2.42. The van der Waals surface area contributed by atoms with Gasteiger partial charge >= 0.3 is 0 Å². The van der Waals surface area contributed by atoms with Crippen LogP contribution in [0.4, 0.5) is 0 Å². The highest BCUT2D eigenvalue weighted by Gasteiger charge is 2.21. The van der Waals surface area contributed by atoms with E-state index < -0.39 is 0 Å². The summed E-state index contributed by atoms with van der Waals surface area (Å²) in [5.41, 5.74) is 7.82. The number of hydrogen-bond donors (Lipinski definition) is 0. The monoisotopic (exact) mass is 664 g/mol. The molecule has 0 radical (unpaired) electrons. The van der Waals surface area contributed by atoms with E-state index in [1.165, 1.54) is 21.5 Å². The zero-order valence-corrected chi connectivity index (χ0v) is 27.9. The third-order valence-electron chi connectivity index (χ3n) is 10.2. The maximum Gasteiger partial charge on any atom is 0.164 e. The van der Waals surface area contributed by atoms with Crippen LogP contribution in [-0.4, -0.2) is 19.5 Å². The predicted molar refractivity (Wildman–Crippen MR) is 213 cm³/mol. The number of hydrogen-bond acceptors (Lipinski definition) is 4. The minimum Gasteiger partial charge on any atom is -0.454 e. The summed E-state index contributed by atoms with van der Waals surface area (Å²) in [5.74, 6) is 1.91. The summed E-state index contributed by atoms with van der Waals surface area (Å²) in [6, 6.07) is 59.1. The summed E-state index contributed by atoms with van der Waals surface area (Å²) in [6.45, 7) is 0. The van der Waals surface area contributed by atoms with Gasteiger partial charge in [-0.25, -0.2) is 15.0 Å². The van der Waals surface area contributed by atoms with Crippen LogP contribution in [0.25, 0.3) is 105 Å². The van der Waals surface area contributed by atoms with Crippen molar-refractivity contribution in [1.82, 2.24) is 19.5 Å². The largest absolute Gasteiger partial charge is 0.454 e. The molecule has 0 aliphatic rings. The lowest BCUT2D eigenvalue weighted by atomic mass is 9.99. The standard InChI is InChI=1S/C47H28N4O/c1-3-13-29(14-4-1)45-48-46(30-15-5-2-6-16-30)50-47(49-45)36-21-11-20-35-33(36)25-26-42-43(35)37-22-12-24-40(44(37)52-42)51-39-23-10-9-19-34(39)38-27-31-17-7-8-18-32(31)28-41(38)51/h1-28H. The molecule has 52 heavy (non-hydrogen) atoms. The molecule has 11 rings (SSSR count). The van der Waals surface area contributed by atoms with Crippen molar-refractivity contribution in [3.63, 3.8) is 0 Å². The molecular weight excluding hydrogens is 637 g/mol. The Balaban J connectivity index is 1.16. The Hall–Kier alpha value is -7.11. The van der Waals surface area contributed by atoms with E-state index in [0.29, 0.717) is 17.5 Å². The van der Waals surface area contributed by atoms with E-state index in [0.717, 1.165) is 66.1 Å². The molecule has 0 bridgehead atoms. The number of furan rings is 1. The molecule has 0 aliphatic heterocycles. The van der Waals surface area contributed by atoms with Gasteiger partial charge in [0.15, 0.2) is 23.1 Å². The van der Waals surface area contributed by atoms with Crippen LogP contribution >= 0.6 is 0 Å². The van der Waals surface area contributed by atoms with E-state index in [9.17, 15) is 0 Å². The van der Waals surface area contributed by atoms with Crippen molar-refractivity contribution < 1.29 is 4.42 Å². The first-order valence-corrected chi connectivity index (χ1v) is 17.5. The number of aromatic nitrogens is 4. The van der Waals surface area contributed by atoms with E-state index in [1.54, 1.807) is 0 Å². The van der Waals surface area contributed by atoms with Crippen LogP contribution < -0.4 is 0 Å². The molecule has 5 nitrogen and oxygen atoms in total. The first-order chi connectivity index (χ1) is 25.8. The minimum atomic E-state index is 0.628. The van der Waals surface area contributed by atoms with Crippen molar-refractivity contribution in [2.75, 3.05) is 0 Å². The van der Waals surface area contributed by atoms with Gasteiger partial charge in [-0.2, -0.15) is 0 Å². The smallest absolute Gasteiger partial charge is 0.164 e. The summed E-state index contributed by atoms with van der Waals surface area (Å²) in [6.07, 6.45) is 0. The van der Waals surface area contributed by atoms with Crippen molar-refractivity contribution in [2.24, 2.45) is 0 Å². The summed E-state index contributed by atoms with van der Waals surface area (Å²) in [4.78, 5) is 15.0. The highest BCUT2D eigenvalue weighted by molar-refractivity contribution is 6.22. The van der Waals surface area contributed by atoms with E-state index >= 15 is 0 Å². The molecule has 0 unspecified atom stereocenters. The van der Waals surface area contributed by atoms with Crippen LogP contribution in [0.1, 0.15) is 0 Å². The van der Waals surface area contributed by atoms with E-state index in [4.69, 9.17) is 19.4 Å². The van der Waals surface area contributed by atoms with Gasteiger partial charge in [0.2, 0.25) is 0 Å². The van der Waals surface area contributed by atoms with Crippen LogP contribution in [0, 0.1) is 0 Å². The van der Waals surface area contributed by atoms with Gasteiger partial charge in [0.05, 0.1) is 16.7 Å². The molecule has 11 aromatic rings. The fourth-order valence-electron chi connectivity index (χ4n) is 7.85. The zero-order valence-electron chi connectivity index (χ0n) is 27.9. The Morgan fingerprint density at radius 2 is 1.02 bits per heavy atom. The first kappa shape index (κ1) is 28.7. The SMILES string of the molecule is c1ccc(-c2nc(-c3ccccc3)nc(-c3cccc4c3ccc3oc5c(-n6c7ccccc7c7cc8ccccc8cc76)cccc5c34)n2)cc1. The number of para-hydroxylation sites is 2. The van der Waals surface area contributed by atoms with Crippen molar-refractivity contribution in [2.45, 2.75) is 0 Å². The average molecular weight is 665 g/mol. The Labute approximate surface area is 298 Å². The quantitative estimate of drug-likeness (QED) is 0.188. The lowest BCUT2D eigenvalue weighted by Gasteiger charge is -2.11. The van der Waals surface area contributed by atoms with Gasteiger partial charge in [-0.05, 0) is 57.9 Å². The maximum absolute atomic E-state index is 6.84. The first-order valence-electron chi connectivity index (χ1n) is 17.5. The molecule has 0 aliphatic carbocycles. The van der Waals surface area contributed by atoms with Gasteiger partial charge in [-0.3, -0.25) is 0 Å². The van der Waals surface area contributed by atoms with Gasteiger partial charge in [-0.1, -0.05) is 133 Å². The fourth-order valence-corrected chi connectivity index (χ4v) is 7.85. The second-order valence-corrected chi connectivity index (χ2v) is 13.2. The molecule has 0 atom stereocenters. The molecular formula is C47H28N4O. The topological polar surface area (TPSA) is 56.7 Å². The number of rotatable bonds is 4. The number of benzene rings is 8. The average Bonchev–Trinajstić information content (AvgIpc) is 3.76. The molecule has 5 heteroatoms. The third kappa shape index (κ3) is 4.33.